The summed E-state index contributed by atoms with van der Waals surface area (Å²) in [6.07, 6.45) is 3.55. The van der Waals surface area contributed by atoms with E-state index in [1.165, 1.54) is 5.56 Å². The highest BCUT2D eigenvalue weighted by Gasteiger charge is 2.07. The van der Waals surface area contributed by atoms with Crippen LogP contribution < -0.4 is 5.32 Å². The highest BCUT2D eigenvalue weighted by molar-refractivity contribution is 5.25. The van der Waals surface area contributed by atoms with Crippen LogP contribution in [0.3, 0.4) is 0 Å². The number of benzene rings is 1. The van der Waals surface area contributed by atoms with Gasteiger partial charge in [-0.05, 0) is 43.4 Å². The predicted octanol–water partition coefficient (Wildman–Crippen LogP) is 2.57. The molecule has 1 heterocycles. The van der Waals surface area contributed by atoms with Crippen molar-refractivity contribution in [1.82, 2.24) is 15.2 Å². The molecule has 0 spiro atoms. The first-order valence-corrected chi connectivity index (χ1v) is 6.68. The minimum absolute atomic E-state index is 0.147. The quantitative estimate of drug-likeness (QED) is 0.877. The van der Waals surface area contributed by atoms with Crippen molar-refractivity contribution in [3.63, 3.8) is 0 Å². The fourth-order valence-corrected chi connectivity index (χ4v) is 2.21. The second-order valence-electron chi connectivity index (χ2n) is 4.98. The first-order valence-electron chi connectivity index (χ1n) is 6.68. The van der Waals surface area contributed by atoms with Crippen molar-refractivity contribution in [1.29, 1.82) is 0 Å². The maximum Gasteiger partial charge on any atom is 0.127 e. The molecule has 0 aliphatic heterocycles. The van der Waals surface area contributed by atoms with E-state index in [2.05, 4.69) is 15.2 Å². The van der Waals surface area contributed by atoms with Crippen molar-refractivity contribution in [2.24, 2.45) is 0 Å². The van der Waals surface area contributed by atoms with E-state index in [-0.39, 0.29) is 5.82 Å². The Morgan fingerprint density at radius 1 is 1.10 bits per heavy atom. The Hall–Kier alpha value is -1.78. The number of nitrogens with one attached hydrogen (secondary N) is 1. The monoisotopic (exact) mass is 273 g/mol. The van der Waals surface area contributed by atoms with Crippen LogP contribution in [-0.2, 0) is 19.6 Å². The van der Waals surface area contributed by atoms with Gasteiger partial charge in [0.1, 0.15) is 5.82 Å². The molecule has 106 valence electrons. The largest absolute Gasteiger partial charge is 0.316 e. The van der Waals surface area contributed by atoms with Crippen LogP contribution in [0.15, 0.2) is 42.7 Å². The van der Waals surface area contributed by atoms with Crippen molar-refractivity contribution in [3.05, 3.63) is 65.2 Å². The minimum atomic E-state index is -0.147. The van der Waals surface area contributed by atoms with Gasteiger partial charge in [0.15, 0.2) is 0 Å². The molecule has 1 N–H and O–H groups in total. The number of rotatable bonds is 6. The summed E-state index contributed by atoms with van der Waals surface area (Å²) in [7, 11) is 3.88. The predicted molar refractivity (Wildman–Crippen MR) is 78.6 cm³/mol. The van der Waals surface area contributed by atoms with Gasteiger partial charge in [0.05, 0.1) is 0 Å². The van der Waals surface area contributed by atoms with Crippen LogP contribution in [0.5, 0.6) is 0 Å². The van der Waals surface area contributed by atoms with Gasteiger partial charge in [-0.1, -0.05) is 12.1 Å². The summed E-state index contributed by atoms with van der Waals surface area (Å²) in [4.78, 5) is 6.09. The lowest BCUT2D eigenvalue weighted by Crippen LogP contribution is -2.18. The van der Waals surface area contributed by atoms with Crippen molar-refractivity contribution in [2.75, 3.05) is 14.1 Å². The van der Waals surface area contributed by atoms with Crippen molar-refractivity contribution in [3.8, 4) is 0 Å². The maximum atomic E-state index is 13.9. The molecule has 20 heavy (non-hydrogen) atoms. The van der Waals surface area contributed by atoms with Crippen LogP contribution in [0.2, 0.25) is 0 Å². The summed E-state index contributed by atoms with van der Waals surface area (Å²) in [5.41, 5.74) is 3.00. The van der Waals surface area contributed by atoms with E-state index < -0.39 is 0 Å². The molecular weight excluding hydrogens is 253 g/mol. The molecule has 1 aromatic heterocycles. The zero-order chi connectivity index (χ0) is 14.4. The maximum absolute atomic E-state index is 13.9. The van der Waals surface area contributed by atoms with Crippen LogP contribution in [-0.4, -0.2) is 24.0 Å². The fraction of sp³-hybridized carbons (Fsp3) is 0.312. The van der Waals surface area contributed by atoms with Crippen LogP contribution in [0.4, 0.5) is 4.39 Å². The summed E-state index contributed by atoms with van der Waals surface area (Å²) >= 11 is 0. The molecule has 4 heteroatoms. The SMILES string of the molecule is CNCc1ccc(F)c(CN(C)Cc2ccncc2)c1. The molecule has 0 fully saturated rings. The summed E-state index contributed by atoms with van der Waals surface area (Å²) in [6.45, 7) is 2.12. The molecule has 2 aromatic rings. The van der Waals surface area contributed by atoms with E-state index >= 15 is 0 Å². The minimum Gasteiger partial charge on any atom is -0.316 e. The Balaban J connectivity index is 2.03. The molecule has 2 rings (SSSR count). The van der Waals surface area contributed by atoms with E-state index in [1.807, 2.05) is 38.4 Å². The van der Waals surface area contributed by atoms with E-state index in [1.54, 1.807) is 18.5 Å². The molecule has 0 atom stereocenters. The van der Waals surface area contributed by atoms with E-state index in [0.29, 0.717) is 6.54 Å². The third kappa shape index (κ3) is 4.11. The molecule has 0 radical (unpaired) electrons. The second kappa shape index (κ2) is 7.12. The normalized spacial score (nSPS) is 11.0. The van der Waals surface area contributed by atoms with Gasteiger partial charge >= 0.3 is 0 Å². The van der Waals surface area contributed by atoms with Gasteiger partial charge in [-0.3, -0.25) is 9.88 Å². The summed E-state index contributed by atoms with van der Waals surface area (Å²) in [6, 6.07) is 9.24. The summed E-state index contributed by atoms with van der Waals surface area (Å²) < 4.78 is 13.9. The van der Waals surface area contributed by atoms with Crippen LogP contribution in [0, 0.1) is 5.82 Å². The van der Waals surface area contributed by atoms with Crippen molar-refractivity contribution < 1.29 is 4.39 Å². The standard InChI is InChI=1S/C16H20FN3/c1-18-10-14-3-4-16(17)15(9-14)12-20(2)11-13-5-7-19-8-6-13/h3-9,18H,10-12H2,1-2H3. The van der Waals surface area contributed by atoms with Gasteiger partial charge in [-0.2, -0.15) is 0 Å². The Kier molecular flexibility index (Phi) is 5.21. The van der Waals surface area contributed by atoms with Crippen LogP contribution in [0.1, 0.15) is 16.7 Å². The van der Waals surface area contributed by atoms with E-state index in [0.717, 1.165) is 24.2 Å². The highest BCUT2D eigenvalue weighted by Crippen LogP contribution is 2.14. The van der Waals surface area contributed by atoms with E-state index in [9.17, 15) is 4.39 Å². The average Bonchev–Trinajstić information content (AvgIpc) is 2.44. The third-order valence-electron chi connectivity index (χ3n) is 3.13. The average molecular weight is 273 g/mol. The summed E-state index contributed by atoms with van der Waals surface area (Å²) in [5, 5.41) is 3.08. The van der Waals surface area contributed by atoms with Gasteiger partial charge in [0.2, 0.25) is 0 Å². The lowest BCUT2D eigenvalue weighted by Gasteiger charge is -2.17. The molecule has 0 saturated heterocycles. The first kappa shape index (κ1) is 14.6. The zero-order valence-electron chi connectivity index (χ0n) is 11.9. The van der Waals surface area contributed by atoms with Gasteiger partial charge < -0.3 is 5.32 Å². The number of aromatic nitrogens is 1. The zero-order valence-corrected chi connectivity index (χ0v) is 11.9. The molecule has 0 aliphatic rings. The molecule has 1 aromatic carbocycles. The number of nitrogens with zero attached hydrogens (tertiary/aromatic N) is 2. The summed E-state index contributed by atoms with van der Waals surface area (Å²) in [5.74, 6) is -0.147. The van der Waals surface area contributed by atoms with Crippen molar-refractivity contribution >= 4 is 0 Å². The highest BCUT2D eigenvalue weighted by atomic mass is 19.1. The Bertz CT molecular complexity index is 543. The molecular formula is C16H20FN3. The third-order valence-corrected chi connectivity index (χ3v) is 3.13. The van der Waals surface area contributed by atoms with E-state index in [4.69, 9.17) is 0 Å². The van der Waals surface area contributed by atoms with Gasteiger partial charge in [0, 0.05) is 37.6 Å². The van der Waals surface area contributed by atoms with Gasteiger partial charge in [-0.15, -0.1) is 0 Å². The van der Waals surface area contributed by atoms with Crippen LogP contribution in [0.25, 0.3) is 0 Å². The first-order chi connectivity index (χ1) is 9.69. The fourth-order valence-electron chi connectivity index (χ4n) is 2.21. The Labute approximate surface area is 119 Å². The number of hydrogen-bond donors (Lipinski definition) is 1. The topological polar surface area (TPSA) is 28.2 Å². The van der Waals surface area contributed by atoms with Crippen molar-refractivity contribution in [2.45, 2.75) is 19.6 Å². The number of hydrogen-bond acceptors (Lipinski definition) is 3. The molecule has 3 nitrogen and oxygen atoms in total. The smallest absolute Gasteiger partial charge is 0.127 e. The molecule has 0 unspecified atom stereocenters. The number of halogens is 1. The Morgan fingerprint density at radius 2 is 1.85 bits per heavy atom. The second-order valence-corrected chi connectivity index (χ2v) is 4.98. The van der Waals surface area contributed by atoms with Crippen LogP contribution >= 0.6 is 0 Å². The number of pyridine rings is 1. The van der Waals surface area contributed by atoms with Gasteiger partial charge in [-0.25, -0.2) is 4.39 Å². The molecule has 0 amide bonds. The van der Waals surface area contributed by atoms with Gasteiger partial charge in [0.25, 0.3) is 0 Å². The lowest BCUT2D eigenvalue weighted by atomic mass is 10.1. The lowest BCUT2D eigenvalue weighted by molar-refractivity contribution is 0.313. The molecule has 0 saturated carbocycles. The molecule has 0 aliphatic carbocycles. The Morgan fingerprint density at radius 3 is 2.55 bits per heavy atom. The molecule has 0 bridgehead atoms.